The third-order valence-corrected chi connectivity index (χ3v) is 2.97. The molecule has 96 valence electrons. The Labute approximate surface area is 108 Å². The Kier molecular flexibility index (Phi) is 3.99. The molecule has 0 fully saturated rings. The predicted molar refractivity (Wildman–Crippen MR) is 72.5 cm³/mol. The molecule has 0 radical (unpaired) electrons. The Balaban J connectivity index is 2.06. The summed E-state index contributed by atoms with van der Waals surface area (Å²) in [5.41, 5.74) is 3.44. The van der Waals surface area contributed by atoms with E-state index in [1.807, 2.05) is 6.07 Å². The van der Waals surface area contributed by atoms with E-state index in [0.717, 1.165) is 5.69 Å². The zero-order valence-electron chi connectivity index (χ0n) is 11.1. The average Bonchev–Trinajstić information content (AvgIpc) is 2.89. The number of nitrogens with one attached hydrogen (secondary N) is 1. The van der Waals surface area contributed by atoms with Crippen molar-refractivity contribution >= 4 is 5.69 Å². The molecule has 1 aromatic heterocycles. The van der Waals surface area contributed by atoms with Crippen molar-refractivity contribution in [1.29, 1.82) is 0 Å². The largest absolute Gasteiger partial charge is 0.377 e. The van der Waals surface area contributed by atoms with E-state index in [2.05, 4.69) is 60.7 Å². The van der Waals surface area contributed by atoms with E-state index in [1.54, 1.807) is 6.26 Å². The Morgan fingerprint density at radius 1 is 1.28 bits per heavy atom. The van der Waals surface area contributed by atoms with E-state index in [9.17, 15) is 0 Å². The van der Waals surface area contributed by atoms with Gasteiger partial charge in [-0.1, -0.05) is 23.4 Å². The maximum Gasteiger partial charge on any atom is 0.124 e. The summed E-state index contributed by atoms with van der Waals surface area (Å²) in [4.78, 5) is 2.13. The average molecular weight is 245 g/mol. The molecule has 2 rings (SSSR count). The quantitative estimate of drug-likeness (QED) is 0.879. The minimum absolute atomic E-state index is 0.264. The number of hydrogen-bond donors (Lipinski definition) is 1. The predicted octanol–water partition coefficient (Wildman–Crippen LogP) is 2.59. The molecule has 0 spiro atoms. The second kappa shape index (κ2) is 5.69. The SMILES string of the molecule is C[C@@H](NCc1ccon1)c1ccccc1N(C)C. The van der Waals surface area contributed by atoms with E-state index < -0.39 is 0 Å². The lowest BCUT2D eigenvalue weighted by Gasteiger charge is -2.22. The number of aromatic nitrogens is 1. The first-order chi connectivity index (χ1) is 8.68. The molecule has 0 unspecified atom stereocenters. The molecule has 18 heavy (non-hydrogen) atoms. The maximum atomic E-state index is 4.82. The number of hydrogen-bond acceptors (Lipinski definition) is 4. The fourth-order valence-corrected chi connectivity index (χ4v) is 1.96. The van der Waals surface area contributed by atoms with Crippen LogP contribution in [-0.4, -0.2) is 19.3 Å². The van der Waals surface area contributed by atoms with Crippen LogP contribution in [0.4, 0.5) is 5.69 Å². The molecular weight excluding hydrogens is 226 g/mol. The Morgan fingerprint density at radius 2 is 2.06 bits per heavy atom. The first-order valence-electron chi connectivity index (χ1n) is 6.07. The molecule has 1 heterocycles. The van der Waals surface area contributed by atoms with Crippen LogP contribution in [-0.2, 0) is 6.54 Å². The van der Waals surface area contributed by atoms with Crippen LogP contribution in [0.5, 0.6) is 0 Å². The lowest BCUT2D eigenvalue weighted by atomic mass is 10.1. The smallest absolute Gasteiger partial charge is 0.124 e. The molecule has 0 saturated carbocycles. The van der Waals surface area contributed by atoms with Crippen LogP contribution in [0.2, 0.25) is 0 Å². The number of nitrogens with zero attached hydrogens (tertiary/aromatic N) is 2. The first kappa shape index (κ1) is 12.6. The topological polar surface area (TPSA) is 41.3 Å². The van der Waals surface area contributed by atoms with E-state index in [0.29, 0.717) is 6.54 Å². The molecule has 1 aromatic carbocycles. The van der Waals surface area contributed by atoms with Crippen molar-refractivity contribution in [3.05, 3.63) is 47.9 Å². The standard InChI is InChI=1S/C14H19N3O/c1-11(15-10-12-8-9-18-16-12)13-6-4-5-7-14(13)17(2)3/h4-9,11,15H,10H2,1-3H3/t11-/m1/s1. The van der Waals surface area contributed by atoms with Gasteiger partial charge >= 0.3 is 0 Å². The van der Waals surface area contributed by atoms with Gasteiger partial charge in [-0.05, 0) is 18.6 Å². The number of benzene rings is 1. The Morgan fingerprint density at radius 3 is 2.72 bits per heavy atom. The summed E-state index contributed by atoms with van der Waals surface area (Å²) in [5.74, 6) is 0. The summed E-state index contributed by atoms with van der Waals surface area (Å²) in [6.07, 6.45) is 1.59. The molecule has 0 amide bonds. The van der Waals surface area contributed by atoms with Crippen LogP contribution in [0.15, 0.2) is 41.1 Å². The van der Waals surface area contributed by atoms with Crippen molar-refractivity contribution in [3.8, 4) is 0 Å². The fourth-order valence-electron chi connectivity index (χ4n) is 1.96. The minimum atomic E-state index is 0.264. The highest BCUT2D eigenvalue weighted by Gasteiger charge is 2.11. The van der Waals surface area contributed by atoms with Crippen molar-refractivity contribution in [2.45, 2.75) is 19.5 Å². The summed E-state index contributed by atoms with van der Waals surface area (Å²) in [6.45, 7) is 2.86. The van der Waals surface area contributed by atoms with Gasteiger partial charge in [0.2, 0.25) is 0 Å². The van der Waals surface area contributed by atoms with Crippen LogP contribution in [0.1, 0.15) is 24.2 Å². The summed E-state index contributed by atoms with van der Waals surface area (Å²) in [7, 11) is 4.12. The molecule has 0 aliphatic carbocycles. The monoisotopic (exact) mass is 245 g/mol. The van der Waals surface area contributed by atoms with Gasteiger partial charge in [-0.2, -0.15) is 0 Å². The van der Waals surface area contributed by atoms with Gasteiger partial charge in [0.15, 0.2) is 0 Å². The minimum Gasteiger partial charge on any atom is -0.377 e. The highest BCUT2D eigenvalue weighted by atomic mass is 16.5. The van der Waals surface area contributed by atoms with Gasteiger partial charge in [0.25, 0.3) is 0 Å². The molecule has 4 nitrogen and oxygen atoms in total. The Hall–Kier alpha value is -1.81. The van der Waals surface area contributed by atoms with E-state index in [4.69, 9.17) is 4.52 Å². The van der Waals surface area contributed by atoms with E-state index in [-0.39, 0.29) is 6.04 Å². The molecule has 0 aliphatic rings. The molecular formula is C14H19N3O. The fraction of sp³-hybridized carbons (Fsp3) is 0.357. The Bertz CT molecular complexity index is 480. The van der Waals surface area contributed by atoms with Crippen LogP contribution in [0.25, 0.3) is 0 Å². The number of para-hydroxylation sites is 1. The molecule has 1 atom stereocenters. The van der Waals surface area contributed by atoms with Gasteiger partial charge in [-0.15, -0.1) is 0 Å². The third-order valence-electron chi connectivity index (χ3n) is 2.97. The second-order valence-electron chi connectivity index (χ2n) is 4.55. The summed E-state index contributed by atoms with van der Waals surface area (Å²) in [6, 6.07) is 10.5. The lowest BCUT2D eigenvalue weighted by Crippen LogP contribution is -2.21. The normalized spacial score (nSPS) is 12.4. The second-order valence-corrected chi connectivity index (χ2v) is 4.55. The van der Waals surface area contributed by atoms with Gasteiger partial charge in [0, 0.05) is 38.4 Å². The van der Waals surface area contributed by atoms with Crippen LogP contribution >= 0.6 is 0 Å². The summed E-state index contributed by atoms with van der Waals surface area (Å²) in [5, 5.41) is 7.34. The first-order valence-corrected chi connectivity index (χ1v) is 6.07. The molecule has 2 aromatic rings. The zero-order chi connectivity index (χ0) is 13.0. The van der Waals surface area contributed by atoms with Gasteiger partial charge in [-0.25, -0.2) is 0 Å². The molecule has 0 aliphatic heterocycles. The van der Waals surface area contributed by atoms with Crippen molar-refractivity contribution in [2.75, 3.05) is 19.0 Å². The van der Waals surface area contributed by atoms with Gasteiger partial charge in [-0.3, -0.25) is 0 Å². The van der Waals surface area contributed by atoms with Gasteiger partial charge in [0.05, 0.1) is 5.69 Å². The molecule has 0 saturated heterocycles. The molecule has 0 bridgehead atoms. The van der Waals surface area contributed by atoms with Crippen molar-refractivity contribution in [3.63, 3.8) is 0 Å². The van der Waals surface area contributed by atoms with Crippen molar-refractivity contribution in [1.82, 2.24) is 10.5 Å². The van der Waals surface area contributed by atoms with E-state index >= 15 is 0 Å². The van der Waals surface area contributed by atoms with Crippen LogP contribution in [0, 0.1) is 0 Å². The van der Waals surface area contributed by atoms with E-state index in [1.165, 1.54) is 11.3 Å². The maximum absolute atomic E-state index is 4.82. The highest BCUT2D eigenvalue weighted by Crippen LogP contribution is 2.24. The third kappa shape index (κ3) is 2.90. The highest BCUT2D eigenvalue weighted by molar-refractivity contribution is 5.53. The van der Waals surface area contributed by atoms with Gasteiger partial charge in [0.1, 0.15) is 6.26 Å². The summed E-state index contributed by atoms with van der Waals surface area (Å²) < 4.78 is 4.82. The zero-order valence-corrected chi connectivity index (χ0v) is 11.1. The van der Waals surface area contributed by atoms with Crippen molar-refractivity contribution < 1.29 is 4.52 Å². The number of anilines is 1. The van der Waals surface area contributed by atoms with Crippen molar-refractivity contribution in [2.24, 2.45) is 0 Å². The lowest BCUT2D eigenvalue weighted by molar-refractivity contribution is 0.406. The van der Waals surface area contributed by atoms with Crippen LogP contribution < -0.4 is 10.2 Å². The molecule has 1 N–H and O–H groups in total. The van der Waals surface area contributed by atoms with Crippen LogP contribution in [0.3, 0.4) is 0 Å². The van der Waals surface area contributed by atoms with Gasteiger partial charge < -0.3 is 14.7 Å². The summed E-state index contributed by atoms with van der Waals surface area (Å²) >= 11 is 0. The molecule has 4 heteroatoms. The number of rotatable bonds is 5.